The molecule has 0 bridgehead atoms. The number of nitrogens with zero attached hydrogens (tertiary/aromatic N) is 1. The average molecular weight is 438 g/mol. The highest BCUT2D eigenvalue weighted by Crippen LogP contribution is 2.33. The lowest BCUT2D eigenvalue weighted by Crippen LogP contribution is -2.12. The Morgan fingerprint density at radius 2 is 1.77 bits per heavy atom. The van der Waals surface area contributed by atoms with E-state index >= 15 is 0 Å². The number of aromatic nitrogens is 1. The van der Waals surface area contributed by atoms with Crippen LogP contribution >= 0.6 is 23.2 Å². The lowest BCUT2D eigenvalue weighted by atomic mass is 10.00. The summed E-state index contributed by atoms with van der Waals surface area (Å²) in [5.41, 5.74) is 5.80. The fourth-order valence-corrected chi connectivity index (χ4v) is 4.03. The monoisotopic (exact) mass is 437 g/mol. The zero-order chi connectivity index (χ0) is 21.3. The van der Waals surface area contributed by atoms with E-state index in [4.69, 9.17) is 27.9 Å². The standard InChI is InChI=1S/C25H21Cl2NO2/c1-3-30-25(29)24-14-20-19(18-7-4-6-16(2)12-18)8-5-9-23(20)28(24)15-17-10-11-21(26)22(27)13-17/h4-14H,3,15H2,1-2H3. The van der Waals surface area contributed by atoms with Crippen LogP contribution in [0.1, 0.15) is 28.5 Å². The molecule has 3 nitrogen and oxygen atoms in total. The molecule has 0 fully saturated rings. The van der Waals surface area contributed by atoms with Gasteiger partial charge in [0, 0.05) is 17.4 Å². The summed E-state index contributed by atoms with van der Waals surface area (Å²) < 4.78 is 7.31. The highest BCUT2D eigenvalue weighted by molar-refractivity contribution is 6.42. The molecule has 5 heteroatoms. The summed E-state index contributed by atoms with van der Waals surface area (Å²) in [6, 6.07) is 21.9. The Morgan fingerprint density at radius 1 is 0.967 bits per heavy atom. The number of hydrogen-bond donors (Lipinski definition) is 0. The van der Waals surface area contributed by atoms with Crippen LogP contribution in [0.5, 0.6) is 0 Å². The smallest absolute Gasteiger partial charge is 0.354 e. The third-order valence-corrected chi connectivity index (χ3v) is 5.82. The van der Waals surface area contributed by atoms with Crippen molar-refractivity contribution < 1.29 is 9.53 Å². The summed E-state index contributed by atoms with van der Waals surface area (Å²) in [6.45, 7) is 4.68. The second-order valence-electron chi connectivity index (χ2n) is 7.19. The van der Waals surface area contributed by atoms with Crippen LogP contribution in [0.25, 0.3) is 22.0 Å². The van der Waals surface area contributed by atoms with Gasteiger partial charge in [0.25, 0.3) is 0 Å². The zero-order valence-corrected chi connectivity index (χ0v) is 18.3. The van der Waals surface area contributed by atoms with Crippen LogP contribution in [0.4, 0.5) is 0 Å². The van der Waals surface area contributed by atoms with E-state index in [1.807, 2.05) is 47.9 Å². The maximum absolute atomic E-state index is 12.8. The number of halogens is 2. The van der Waals surface area contributed by atoms with Crippen LogP contribution in [0, 0.1) is 6.92 Å². The van der Waals surface area contributed by atoms with Crippen molar-refractivity contribution in [1.29, 1.82) is 0 Å². The topological polar surface area (TPSA) is 31.2 Å². The molecule has 0 aliphatic carbocycles. The first kappa shape index (κ1) is 20.5. The number of carbonyl (C=O) groups excluding carboxylic acids is 1. The van der Waals surface area contributed by atoms with Gasteiger partial charge in [-0.05, 0) is 54.8 Å². The van der Waals surface area contributed by atoms with Crippen molar-refractivity contribution in [2.24, 2.45) is 0 Å². The van der Waals surface area contributed by atoms with Gasteiger partial charge in [-0.15, -0.1) is 0 Å². The normalized spacial score (nSPS) is 11.1. The van der Waals surface area contributed by atoms with Gasteiger partial charge >= 0.3 is 5.97 Å². The van der Waals surface area contributed by atoms with Crippen molar-refractivity contribution in [2.75, 3.05) is 6.61 Å². The first-order valence-corrected chi connectivity index (χ1v) is 10.5. The van der Waals surface area contributed by atoms with Gasteiger partial charge in [0.1, 0.15) is 5.69 Å². The first-order valence-electron chi connectivity index (χ1n) is 9.78. The molecular weight excluding hydrogens is 417 g/mol. The average Bonchev–Trinajstić information content (AvgIpc) is 3.09. The Balaban J connectivity index is 1.90. The number of ether oxygens (including phenoxy) is 1. The van der Waals surface area contributed by atoms with Gasteiger partial charge in [-0.1, -0.05) is 71.2 Å². The predicted octanol–water partition coefficient (Wildman–Crippen LogP) is 7.15. The molecule has 0 aliphatic rings. The molecule has 152 valence electrons. The number of benzene rings is 3. The van der Waals surface area contributed by atoms with E-state index in [9.17, 15) is 4.79 Å². The number of aryl methyl sites for hydroxylation is 1. The van der Waals surface area contributed by atoms with Crippen molar-refractivity contribution in [2.45, 2.75) is 20.4 Å². The fourth-order valence-electron chi connectivity index (χ4n) is 3.71. The molecule has 0 spiro atoms. The summed E-state index contributed by atoms with van der Waals surface area (Å²) in [5, 5.41) is 2.00. The van der Waals surface area contributed by atoms with E-state index in [1.165, 1.54) is 5.56 Å². The number of hydrogen-bond acceptors (Lipinski definition) is 2. The van der Waals surface area contributed by atoms with Gasteiger partial charge in [-0.2, -0.15) is 0 Å². The Morgan fingerprint density at radius 3 is 2.50 bits per heavy atom. The molecule has 0 unspecified atom stereocenters. The van der Waals surface area contributed by atoms with Crippen LogP contribution in [-0.4, -0.2) is 17.1 Å². The second kappa shape index (κ2) is 8.55. The van der Waals surface area contributed by atoms with Gasteiger partial charge < -0.3 is 9.30 Å². The molecule has 30 heavy (non-hydrogen) atoms. The van der Waals surface area contributed by atoms with Gasteiger partial charge in [0.05, 0.1) is 16.7 Å². The van der Waals surface area contributed by atoms with Crippen LogP contribution < -0.4 is 0 Å². The molecule has 0 aliphatic heterocycles. The van der Waals surface area contributed by atoms with E-state index < -0.39 is 0 Å². The lowest BCUT2D eigenvalue weighted by molar-refractivity contribution is 0.0515. The molecule has 0 radical (unpaired) electrons. The van der Waals surface area contributed by atoms with E-state index in [-0.39, 0.29) is 5.97 Å². The highest BCUT2D eigenvalue weighted by Gasteiger charge is 2.19. The molecular formula is C25H21Cl2NO2. The molecule has 0 N–H and O–H groups in total. The van der Waals surface area contributed by atoms with Crippen molar-refractivity contribution in [3.05, 3.63) is 93.6 Å². The number of esters is 1. The molecule has 4 rings (SSSR count). The van der Waals surface area contributed by atoms with Crippen LogP contribution in [0.3, 0.4) is 0 Å². The second-order valence-corrected chi connectivity index (χ2v) is 8.01. The van der Waals surface area contributed by atoms with Gasteiger partial charge in [-0.3, -0.25) is 0 Å². The summed E-state index contributed by atoms with van der Waals surface area (Å²) >= 11 is 12.3. The molecule has 0 saturated carbocycles. The predicted molar refractivity (Wildman–Crippen MR) is 124 cm³/mol. The Labute approximate surface area is 185 Å². The maximum atomic E-state index is 12.8. The van der Waals surface area contributed by atoms with Crippen molar-refractivity contribution in [3.8, 4) is 11.1 Å². The summed E-state index contributed by atoms with van der Waals surface area (Å²) in [6.07, 6.45) is 0. The Kier molecular flexibility index (Phi) is 5.85. The van der Waals surface area contributed by atoms with E-state index in [1.54, 1.807) is 6.07 Å². The minimum atomic E-state index is -0.344. The number of rotatable bonds is 5. The largest absolute Gasteiger partial charge is 0.461 e. The lowest BCUT2D eigenvalue weighted by Gasteiger charge is -2.12. The fraction of sp³-hybridized carbons (Fsp3) is 0.160. The van der Waals surface area contributed by atoms with E-state index in [2.05, 4.69) is 31.2 Å². The SMILES string of the molecule is CCOC(=O)c1cc2c(-c3cccc(C)c3)cccc2n1Cc1ccc(Cl)c(Cl)c1. The molecule has 1 heterocycles. The minimum absolute atomic E-state index is 0.317. The molecule has 0 saturated heterocycles. The third kappa shape index (κ3) is 3.96. The quantitative estimate of drug-likeness (QED) is 0.310. The van der Waals surface area contributed by atoms with E-state index in [0.717, 1.165) is 27.6 Å². The van der Waals surface area contributed by atoms with Gasteiger partial charge in [-0.25, -0.2) is 4.79 Å². The number of carbonyl (C=O) groups is 1. The molecule has 4 aromatic rings. The zero-order valence-electron chi connectivity index (χ0n) is 16.8. The molecule has 0 amide bonds. The minimum Gasteiger partial charge on any atom is -0.461 e. The van der Waals surface area contributed by atoms with Crippen molar-refractivity contribution >= 4 is 40.1 Å². The maximum Gasteiger partial charge on any atom is 0.354 e. The molecule has 0 atom stereocenters. The van der Waals surface area contributed by atoms with Gasteiger partial charge in [0.2, 0.25) is 0 Å². The molecule has 3 aromatic carbocycles. The van der Waals surface area contributed by atoms with Crippen molar-refractivity contribution in [1.82, 2.24) is 4.57 Å². The summed E-state index contributed by atoms with van der Waals surface area (Å²) in [5.74, 6) is -0.344. The van der Waals surface area contributed by atoms with Crippen LogP contribution in [-0.2, 0) is 11.3 Å². The van der Waals surface area contributed by atoms with Gasteiger partial charge in [0.15, 0.2) is 0 Å². The summed E-state index contributed by atoms with van der Waals surface area (Å²) in [4.78, 5) is 12.8. The Bertz CT molecular complexity index is 1240. The van der Waals surface area contributed by atoms with E-state index in [0.29, 0.717) is 28.9 Å². The van der Waals surface area contributed by atoms with Crippen molar-refractivity contribution in [3.63, 3.8) is 0 Å². The Hall–Kier alpha value is -2.75. The molecule has 1 aromatic heterocycles. The third-order valence-electron chi connectivity index (χ3n) is 5.08. The highest BCUT2D eigenvalue weighted by atomic mass is 35.5. The summed E-state index contributed by atoms with van der Waals surface area (Å²) in [7, 11) is 0. The van der Waals surface area contributed by atoms with Crippen LogP contribution in [0.2, 0.25) is 10.0 Å². The number of fused-ring (bicyclic) bond motifs is 1. The first-order chi connectivity index (χ1) is 14.5. The van der Waals surface area contributed by atoms with Crippen LogP contribution in [0.15, 0.2) is 66.7 Å².